The molecule has 5 nitrogen and oxygen atoms in total. The van der Waals surface area contributed by atoms with E-state index in [1.54, 1.807) is 0 Å². The Labute approximate surface area is 220 Å². The van der Waals surface area contributed by atoms with Crippen molar-refractivity contribution in [2.24, 2.45) is 11.3 Å². The van der Waals surface area contributed by atoms with E-state index in [0.717, 1.165) is 29.7 Å². The van der Waals surface area contributed by atoms with E-state index >= 15 is 0 Å². The van der Waals surface area contributed by atoms with Gasteiger partial charge in [-0.05, 0) is 107 Å². The minimum absolute atomic E-state index is 0.0706. The Bertz CT molecular complexity index is 1180. The Morgan fingerprint density at radius 1 is 1.11 bits per heavy atom. The predicted molar refractivity (Wildman–Crippen MR) is 148 cm³/mol. The number of carbonyl (C=O) groups is 1. The van der Waals surface area contributed by atoms with Crippen LogP contribution in [0, 0.1) is 32.1 Å². The number of thiophene rings is 1. The molecule has 196 valence electrons. The first-order valence-electron chi connectivity index (χ1n) is 14.0. The third-order valence-corrected chi connectivity index (χ3v) is 10.9. The lowest BCUT2D eigenvalue weighted by Gasteiger charge is -2.44. The zero-order valence-corrected chi connectivity index (χ0v) is 23.7. The van der Waals surface area contributed by atoms with Crippen molar-refractivity contribution in [2.45, 2.75) is 92.0 Å². The molecule has 0 spiro atoms. The van der Waals surface area contributed by atoms with Gasteiger partial charge in [-0.15, -0.1) is 11.3 Å². The van der Waals surface area contributed by atoms with Gasteiger partial charge in [-0.1, -0.05) is 20.3 Å². The number of pyridine rings is 1. The summed E-state index contributed by atoms with van der Waals surface area (Å²) in [5.41, 5.74) is 5.15. The minimum atomic E-state index is -0.0706. The van der Waals surface area contributed by atoms with Crippen LogP contribution in [0.2, 0.25) is 0 Å². The highest BCUT2D eigenvalue weighted by Gasteiger charge is 2.36. The first-order chi connectivity index (χ1) is 17.1. The van der Waals surface area contributed by atoms with Gasteiger partial charge in [0.25, 0.3) is 11.5 Å². The van der Waals surface area contributed by atoms with Crippen LogP contribution in [-0.4, -0.2) is 46.9 Å². The smallest absolute Gasteiger partial charge is 0.255 e. The zero-order valence-electron chi connectivity index (χ0n) is 22.8. The Balaban J connectivity index is 1.30. The number of carbonyl (C=O) groups excluding carboxylic acids is 1. The highest BCUT2D eigenvalue weighted by molar-refractivity contribution is 7.12. The van der Waals surface area contributed by atoms with Crippen molar-refractivity contribution < 1.29 is 4.79 Å². The normalized spacial score (nSPS) is 21.7. The van der Waals surface area contributed by atoms with E-state index in [1.807, 2.05) is 36.2 Å². The Morgan fingerprint density at radius 3 is 2.47 bits per heavy atom. The third kappa shape index (κ3) is 4.96. The van der Waals surface area contributed by atoms with Crippen LogP contribution in [-0.2, 0) is 13.0 Å². The zero-order chi connectivity index (χ0) is 25.6. The summed E-state index contributed by atoms with van der Waals surface area (Å²) in [6.07, 6.45) is 8.62. The number of aromatic amines is 1. The number of aromatic nitrogens is 1. The van der Waals surface area contributed by atoms with Crippen LogP contribution >= 0.6 is 11.3 Å². The van der Waals surface area contributed by atoms with Crippen LogP contribution in [0.4, 0.5) is 0 Å². The van der Waals surface area contributed by atoms with E-state index in [1.165, 1.54) is 67.1 Å². The maximum absolute atomic E-state index is 13.8. The first-order valence-corrected chi connectivity index (χ1v) is 14.8. The van der Waals surface area contributed by atoms with Gasteiger partial charge in [0.15, 0.2) is 0 Å². The maximum atomic E-state index is 13.8. The highest BCUT2D eigenvalue weighted by Crippen LogP contribution is 2.44. The average Bonchev–Trinajstić information content (AvgIpc) is 3.05. The molecule has 0 aromatic carbocycles. The molecule has 2 aliphatic heterocycles. The minimum Gasteiger partial charge on any atom is -0.334 e. The number of piperidine rings is 1. The molecule has 1 atom stereocenters. The van der Waals surface area contributed by atoms with Gasteiger partial charge in [0.2, 0.25) is 0 Å². The van der Waals surface area contributed by atoms with Crippen molar-refractivity contribution >= 4 is 17.2 Å². The van der Waals surface area contributed by atoms with Crippen molar-refractivity contribution in [1.29, 1.82) is 0 Å². The summed E-state index contributed by atoms with van der Waals surface area (Å²) < 4.78 is 0. The van der Waals surface area contributed by atoms with Crippen molar-refractivity contribution in [3.05, 3.63) is 54.1 Å². The molecule has 2 aromatic rings. The number of fused-ring (bicyclic) bond motifs is 1. The Morgan fingerprint density at radius 2 is 1.83 bits per heavy atom. The van der Waals surface area contributed by atoms with Gasteiger partial charge >= 0.3 is 0 Å². The summed E-state index contributed by atoms with van der Waals surface area (Å²) in [4.78, 5) is 36.6. The second-order valence-electron chi connectivity index (χ2n) is 12.2. The fourth-order valence-corrected chi connectivity index (χ4v) is 8.38. The molecule has 1 saturated carbocycles. The van der Waals surface area contributed by atoms with Gasteiger partial charge in [0.1, 0.15) is 0 Å². The van der Waals surface area contributed by atoms with Crippen molar-refractivity contribution in [3.8, 4) is 0 Å². The van der Waals surface area contributed by atoms with Gasteiger partial charge in [-0.3, -0.25) is 9.59 Å². The molecular weight excluding hydrogens is 466 g/mol. The van der Waals surface area contributed by atoms with E-state index in [-0.39, 0.29) is 11.5 Å². The standard InChI is InChI=1S/C30H43N3O2S/c1-19-16-20(2)31-28(34)24(19)17-33-13-6-8-25-26(29(33)35)22(4)27(36-25)21(3)23-9-14-32(15-10-23)18-30(5)11-7-12-30/h16,21,23H,6-15,17-18H2,1-5H3,(H,31,34)/t21-/m1/s1. The van der Waals surface area contributed by atoms with Gasteiger partial charge in [-0.25, -0.2) is 0 Å². The van der Waals surface area contributed by atoms with Crippen molar-refractivity contribution in [1.82, 2.24) is 14.8 Å². The monoisotopic (exact) mass is 509 g/mol. The lowest BCUT2D eigenvalue weighted by Crippen LogP contribution is -2.44. The fourth-order valence-electron chi connectivity index (χ4n) is 6.90. The molecule has 0 unspecified atom stereocenters. The summed E-state index contributed by atoms with van der Waals surface area (Å²) in [6, 6.07) is 2.00. The lowest BCUT2D eigenvalue weighted by atomic mass is 9.70. The van der Waals surface area contributed by atoms with Crippen LogP contribution < -0.4 is 5.56 Å². The highest BCUT2D eigenvalue weighted by atomic mass is 32.1. The van der Waals surface area contributed by atoms with E-state index in [0.29, 0.717) is 35.9 Å². The number of amides is 1. The first kappa shape index (κ1) is 25.7. The fraction of sp³-hybridized carbons (Fsp3) is 0.667. The Kier molecular flexibility index (Phi) is 7.21. The summed E-state index contributed by atoms with van der Waals surface area (Å²) in [5.74, 6) is 1.29. The predicted octanol–water partition coefficient (Wildman–Crippen LogP) is 5.96. The van der Waals surface area contributed by atoms with Crippen molar-refractivity contribution in [2.75, 3.05) is 26.2 Å². The average molecular weight is 510 g/mol. The summed E-state index contributed by atoms with van der Waals surface area (Å²) in [6.45, 7) is 15.7. The second kappa shape index (κ2) is 10.1. The SMILES string of the molecule is Cc1cc(C)c(CN2CCCc3sc([C@H](C)C4CCN(CC5(C)CCC5)CC4)c(C)c3C2=O)c(=O)[nH]1. The summed E-state index contributed by atoms with van der Waals surface area (Å²) >= 11 is 1.89. The van der Waals surface area contributed by atoms with Gasteiger partial charge in [0, 0.05) is 34.1 Å². The molecule has 5 rings (SSSR count). The number of aryl methyl sites for hydroxylation is 3. The molecule has 6 heteroatoms. The van der Waals surface area contributed by atoms with E-state index in [4.69, 9.17) is 0 Å². The molecule has 1 aliphatic carbocycles. The van der Waals surface area contributed by atoms with Crippen LogP contribution in [0.15, 0.2) is 10.9 Å². The van der Waals surface area contributed by atoms with Crippen LogP contribution in [0.25, 0.3) is 0 Å². The topological polar surface area (TPSA) is 56.4 Å². The van der Waals surface area contributed by atoms with Crippen LogP contribution in [0.5, 0.6) is 0 Å². The molecular formula is C30H43N3O2S. The van der Waals surface area contributed by atoms with E-state index < -0.39 is 0 Å². The summed E-state index contributed by atoms with van der Waals surface area (Å²) in [7, 11) is 0. The molecule has 1 saturated heterocycles. The van der Waals surface area contributed by atoms with E-state index in [9.17, 15) is 9.59 Å². The number of hydrogen-bond donors (Lipinski definition) is 1. The third-order valence-electron chi connectivity index (χ3n) is 9.35. The van der Waals surface area contributed by atoms with Crippen LogP contribution in [0.3, 0.4) is 0 Å². The van der Waals surface area contributed by atoms with E-state index in [2.05, 4.69) is 30.7 Å². The molecule has 36 heavy (non-hydrogen) atoms. The van der Waals surface area contributed by atoms with Crippen LogP contribution in [0.1, 0.15) is 101 Å². The van der Waals surface area contributed by atoms with Gasteiger partial charge in [-0.2, -0.15) is 0 Å². The molecule has 3 aliphatic rings. The van der Waals surface area contributed by atoms with Gasteiger partial charge in [0.05, 0.1) is 12.1 Å². The second-order valence-corrected chi connectivity index (χ2v) is 13.4. The molecule has 1 amide bonds. The largest absolute Gasteiger partial charge is 0.334 e. The Hall–Kier alpha value is -1.92. The summed E-state index contributed by atoms with van der Waals surface area (Å²) in [5, 5.41) is 0. The molecule has 2 aromatic heterocycles. The number of nitrogens with zero attached hydrogens (tertiary/aromatic N) is 2. The number of likely N-dealkylation sites (tertiary alicyclic amines) is 1. The van der Waals surface area contributed by atoms with Gasteiger partial charge < -0.3 is 14.8 Å². The molecule has 1 N–H and O–H groups in total. The van der Waals surface area contributed by atoms with Crippen molar-refractivity contribution in [3.63, 3.8) is 0 Å². The lowest BCUT2D eigenvalue weighted by molar-refractivity contribution is 0.0611. The molecule has 4 heterocycles. The molecule has 2 fully saturated rings. The number of hydrogen-bond acceptors (Lipinski definition) is 4. The number of nitrogens with one attached hydrogen (secondary N) is 1. The molecule has 0 bridgehead atoms. The quantitative estimate of drug-likeness (QED) is 0.523. The maximum Gasteiger partial charge on any atom is 0.255 e. The number of rotatable bonds is 6. The number of H-pyrrole nitrogens is 1. The molecule has 0 radical (unpaired) electrons.